The van der Waals surface area contributed by atoms with E-state index >= 15 is 0 Å². The molecule has 0 spiro atoms. The van der Waals surface area contributed by atoms with Gasteiger partial charge in [0.25, 0.3) is 0 Å². The Kier molecular flexibility index (Phi) is 4.49. The number of hydrogen-bond acceptors (Lipinski definition) is 7. The van der Waals surface area contributed by atoms with E-state index in [2.05, 4.69) is 4.98 Å². The Morgan fingerprint density at radius 3 is 2.90 bits per heavy atom. The molecule has 0 aliphatic carbocycles. The van der Waals surface area contributed by atoms with E-state index in [0.29, 0.717) is 43.4 Å². The molecule has 116 valence electrons. The number of aliphatic hydroxyl groups is 1. The Morgan fingerprint density at radius 1 is 1.57 bits per heavy atom. The number of anilines is 3. The minimum Gasteiger partial charge on any atom is -0.396 e. The van der Waals surface area contributed by atoms with Crippen molar-refractivity contribution in [1.29, 1.82) is 0 Å². The zero-order valence-corrected chi connectivity index (χ0v) is 12.1. The first-order valence-electron chi connectivity index (χ1n) is 6.85. The molecule has 1 amide bonds. The summed E-state index contributed by atoms with van der Waals surface area (Å²) in [6, 6.07) is 2.90. The summed E-state index contributed by atoms with van der Waals surface area (Å²) in [6.07, 6.45) is -0.276. The summed E-state index contributed by atoms with van der Waals surface area (Å²) >= 11 is 0. The number of aliphatic hydroxyl groups excluding tert-OH is 1. The Labute approximate surface area is 123 Å². The van der Waals surface area contributed by atoms with E-state index in [1.807, 2.05) is 11.9 Å². The normalized spacial score (nSPS) is 21.6. The quantitative estimate of drug-likeness (QED) is 0.518. The second-order valence-corrected chi connectivity index (χ2v) is 5.25. The fourth-order valence-electron chi connectivity index (χ4n) is 2.55. The zero-order chi connectivity index (χ0) is 15.6. The molecule has 2 unspecified atom stereocenters. The number of pyridine rings is 1. The first-order chi connectivity index (χ1) is 9.93. The predicted molar refractivity (Wildman–Crippen MR) is 81.9 cm³/mol. The van der Waals surface area contributed by atoms with Gasteiger partial charge in [-0.3, -0.25) is 4.79 Å². The Balaban J connectivity index is 2.31. The maximum atomic E-state index is 11.5. The maximum absolute atomic E-state index is 11.5. The fraction of sp³-hybridized carbons (Fsp3) is 0.538. The lowest BCUT2D eigenvalue weighted by atomic mass is 10.2. The summed E-state index contributed by atoms with van der Waals surface area (Å²) in [7, 11) is 1.85. The van der Waals surface area contributed by atoms with Gasteiger partial charge in [-0.1, -0.05) is 0 Å². The van der Waals surface area contributed by atoms with Crippen molar-refractivity contribution in [2.45, 2.75) is 18.6 Å². The molecule has 2 rings (SSSR count). The van der Waals surface area contributed by atoms with E-state index in [1.165, 1.54) is 0 Å². The van der Waals surface area contributed by atoms with Crippen molar-refractivity contribution >= 4 is 23.2 Å². The molecule has 1 saturated heterocycles. The minimum absolute atomic E-state index is 0.315. The maximum Gasteiger partial charge on any atom is 0.240 e. The van der Waals surface area contributed by atoms with Gasteiger partial charge in [-0.05, 0) is 12.1 Å². The van der Waals surface area contributed by atoms with E-state index in [-0.39, 0.29) is 0 Å². The lowest BCUT2D eigenvalue weighted by molar-refractivity contribution is -0.119. The number of carbonyl (C=O) groups excluding carboxylic acids is 1. The van der Waals surface area contributed by atoms with Gasteiger partial charge in [0.1, 0.15) is 11.9 Å². The molecule has 2 atom stereocenters. The van der Waals surface area contributed by atoms with E-state index in [0.717, 1.165) is 0 Å². The lowest BCUT2D eigenvalue weighted by Crippen LogP contribution is -2.41. The molecule has 21 heavy (non-hydrogen) atoms. The highest BCUT2D eigenvalue weighted by atomic mass is 16.3. The van der Waals surface area contributed by atoms with Crippen molar-refractivity contribution in [2.24, 2.45) is 11.5 Å². The minimum atomic E-state index is -0.591. The van der Waals surface area contributed by atoms with Crippen LogP contribution in [0.5, 0.6) is 0 Å². The first kappa shape index (κ1) is 15.3. The number of hydrogen-bond donors (Lipinski definition) is 4. The number of primary amides is 1. The SMILES string of the molecule is CN(CCN)c1nc(N2CC(O)CC2C(N)=O)ccc1N. The molecule has 1 aromatic heterocycles. The van der Waals surface area contributed by atoms with Crippen molar-refractivity contribution in [3.63, 3.8) is 0 Å². The van der Waals surface area contributed by atoms with Gasteiger partial charge in [-0.25, -0.2) is 4.98 Å². The number of aromatic nitrogens is 1. The van der Waals surface area contributed by atoms with E-state index in [1.54, 1.807) is 17.0 Å². The van der Waals surface area contributed by atoms with Gasteiger partial charge >= 0.3 is 0 Å². The molecule has 0 saturated carbocycles. The standard InChI is InChI=1S/C13H22N6O2/c1-18(5-4-14)13-9(15)2-3-11(17-13)19-7-8(20)6-10(19)12(16)21/h2-3,8,10,20H,4-7,14-15H2,1H3,(H2,16,21). The number of nitrogen functional groups attached to an aromatic ring is 1. The number of rotatable bonds is 5. The molecule has 0 bridgehead atoms. The van der Waals surface area contributed by atoms with Gasteiger partial charge in [0, 0.05) is 33.1 Å². The predicted octanol–water partition coefficient (Wildman–Crippen LogP) is -1.52. The van der Waals surface area contributed by atoms with Crippen LogP contribution in [0.25, 0.3) is 0 Å². The highest BCUT2D eigenvalue weighted by Gasteiger charge is 2.35. The van der Waals surface area contributed by atoms with Crippen LogP contribution in [0.4, 0.5) is 17.3 Å². The molecule has 0 radical (unpaired) electrons. The largest absolute Gasteiger partial charge is 0.396 e. The van der Waals surface area contributed by atoms with Crippen molar-refractivity contribution in [3.8, 4) is 0 Å². The summed E-state index contributed by atoms with van der Waals surface area (Å²) in [5.41, 5.74) is 17.4. The Hall–Kier alpha value is -2.06. The molecular formula is C13H22N6O2. The van der Waals surface area contributed by atoms with Gasteiger partial charge in [0.15, 0.2) is 5.82 Å². The van der Waals surface area contributed by atoms with Gasteiger partial charge in [-0.2, -0.15) is 0 Å². The molecule has 8 nitrogen and oxygen atoms in total. The third-order valence-corrected chi connectivity index (χ3v) is 3.62. The van der Waals surface area contributed by atoms with Crippen LogP contribution < -0.4 is 27.0 Å². The molecule has 2 heterocycles. The first-order valence-corrected chi connectivity index (χ1v) is 6.85. The number of nitrogens with two attached hydrogens (primary N) is 3. The number of β-amino-alcohol motifs (C(OH)–C–C–N with tert-alkyl or cyclic N) is 1. The number of nitrogens with zero attached hydrogens (tertiary/aromatic N) is 3. The topological polar surface area (TPSA) is 135 Å². The third-order valence-electron chi connectivity index (χ3n) is 3.62. The van der Waals surface area contributed by atoms with Crippen molar-refractivity contribution in [2.75, 3.05) is 42.2 Å². The summed E-state index contributed by atoms with van der Waals surface area (Å²) < 4.78 is 0. The molecule has 1 aliphatic rings. The molecule has 7 N–H and O–H groups in total. The highest BCUT2D eigenvalue weighted by molar-refractivity contribution is 5.84. The molecule has 1 fully saturated rings. The van der Waals surface area contributed by atoms with E-state index in [4.69, 9.17) is 17.2 Å². The van der Waals surface area contributed by atoms with Crippen LogP contribution in [0.2, 0.25) is 0 Å². The van der Waals surface area contributed by atoms with Crippen molar-refractivity contribution in [3.05, 3.63) is 12.1 Å². The van der Waals surface area contributed by atoms with Crippen LogP contribution >= 0.6 is 0 Å². The monoisotopic (exact) mass is 294 g/mol. The smallest absolute Gasteiger partial charge is 0.240 e. The van der Waals surface area contributed by atoms with Crippen molar-refractivity contribution in [1.82, 2.24) is 4.98 Å². The fourth-order valence-corrected chi connectivity index (χ4v) is 2.55. The summed E-state index contributed by atoms with van der Waals surface area (Å²) in [5.74, 6) is 0.702. The van der Waals surface area contributed by atoms with Crippen LogP contribution in [0.15, 0.2) is 12.1 Å². The zero-order valence-electron chi connectivity index (χ0n) is 12.1. The highest BCUT2D eigenvalue weighted by Crippen LogP contribution is 2.28. The summed E-state index contributed by atoms with van der Waals surface area (Å²) in [6.45, 7) is 1.42. The lowest BCUT2D eigenvalue weighted by Gasteiger charge is -2.26. The molecule has 1 aromatic rings. The number of likely N-dealkylation sites (N-methyl/N-ethyl adjacent to an activating group) is 1. The summed E-state index contributed by atoms with van der Waals surface area (Å²) in [5, 5.41) is 9.77. The second kappa shape index (κ2) is 6.15. The van der Waals surface area contributed by atoms with Crippen LogP contribution in [0.1, 0.15) is 6.42 Å². The third kappa shape index (κ3) is 3.17. The van der Waals surface area contributed by atoms with E-state index < -0.39 is 18.1 Å². The van der Waals surface area contributed by atoms with Gasteiger partial charge in [0.2, 0.25) is 5.91 Å². The average molecular weight is 294 g/mol. The molecule has 0 aromatic carbocycles. The molecular weight excluding hydrogens is 272 g/mol. The summed E-state index contributed by atoms with van der Waals surface area (Å²) in [4.78, 5) is 19.6. The average Bonchev–Trinajstić information content (AvgIpc) is 2.82. The van der Waals surface area contributed by atoms with Gasteiger partial charge in [0.05, 0.1) is 11.8 Å². The molecule has 1 aliphatic heterocycles. The Morgan fingerprint density at radius 2 is 2.29 bits per heavy atom. The van der Waals surface area contributed by atoms with Gasteiger partial charge in [-0.15, -0.1) is 0 Å². The van der Waals surface area contributed by atoms with E-state index in [9.17, 15) is 9.90 Å². The van der Waals surface area contributed by atoms with Gasteiger partial charge < -0.3 is 32.1 Å². The van der Waals surface area contributed by atoms with Crippen LogP contribution in [0, 0.1) is 0 Å². The van der Waals surface area contributed by atoms with Crippen molar-refractivity contribution < 1.29 is 9.90 Å². The van der Waals surface area contributed by atoms with Crippen LogP contribution in [-0.2, 0) is 4.79 Å². The Bertz CT molecular complexity index is 523. The number of amides is 1. The van der Waals surface area contributed by atoms with Crippen LogP contribution in [-0.4, -0.2) is 54.8 Å². The second-order valence-electron chi connectivity index (χ2n) is 5.25. The number of carbonyl (C=O) groups is 1. The van der Waals surface area contributed by atoms with Crippen LogP contribution in [0.3, 0.4) is 0 Å². The molecule has 8 heteroatoms.